The number of halogens is 3. The van der Waals surface area contributed by atoms with Crippen LogP contribution < -0.4 is 4.74 Å². The van der Waals surface area contributed by atoms with Crippen LogP contribution in [0.3, 0.4) is 0 Å². The molecule has 2 aliphatic heterocycles. The number of β-amino-alcohol motifs (C(OH)–C–C–N with tert-alkyl or cyclic N) is 1. The lowest BCUT2D eigenvalue weighted by atomic mass is 10.1. The summed E-state index contributed by atoms with van der Waals surface area (Å²) in [7, 11) is 0. The Hall–Kier alpha value is -2.82. The first-order valence-electron chi connectivity index (χ1n) is 11.5. The highest BCUT2D eigenvalue weighted by molar-refractivity contribution is 6.31. The number of carbonyl (C=O) groups is 1. The lowest BCUT2D eigenvalue weighted by molar-refractivity contribution is 0.0158. The quantitative estimate of drug-likeness (QED) is 0.574. The lowest BCUT2D eigenvalue weighted by Crippen LogP contribution is -2.47. The van der Waals surface area contributed by atoms with E-state index in [9.17, 15) is 13.6 Å². The van der Waals surface area contributed by atoms with Crippen molar-refractivity contribution in [2.45, 2.75) is 45.6 Å². The molecule has 2 aromatic heterocycles. The molecule has 2 aliphatic rings. The Balaban J connectivity index is 1.37. The van der Waals surface area contributed by atoms with Gasteiger partial charge < -0.3 is 14.7 Å². The number of ether oxygens (including phenoxy) is 1. The maximum absolute atomic E-state index is 14.8. The van der Waals surface area contributed by atoms with E-state index >= 15 is 0 Å². The molecule has 2 atom stereocenters. The van der Waals surface area contributed by atoms with Gasteiger partial charge in [0.05, 0.1) is 47.4 Å². The van der Waals surface area contributed by atoms with E-state index in [-0.39, 0.29) is 43.5 Å². The first kappa shape index (κ1) is 23.9. The molecule has 0 unspecified atom stereocenters. The number of nitrogens with zero attached hydrogens (tertiary/aromatic N) is 5. The van der Waals surface area contributed by atoms with E-state index < -0.39 is 18.1 Å². The second-order valence-electron chi connectivity index (χ2n) is 9.04. The van der Waals surface area contributed by atoms with Gasteiger partial charge in [0.1, 0.15) is 23.8 Å². The van der Waals surface area contributed by atoms with Crippen LogP contribution in [0.4, 0.5) is 8.78 Å². The molecule has 186 valence electrons. The molecule has 0 radical (unpaired) electrons. The van der Waals surface area contributed by atoms with Crippen molar-refractivity contribution >= 4 is 23.2 Å². The van der Waals surface area contributed by atoms with Crippen molar-refractivity contribution in [3.63, 3.8) is 0 Å². The number of hydrogen-bond donors (Lipinski definition) is 1. The summed E-state index contributed by atoms with van der Waals surface area (Å²) in [6, 6.07) is 3.69. The fourth-order valence-electron chi connectivity index (χ4n) is 4.78. The molecule has 8 nitrogen and oxygen atoms in total. The van der Waals surface area contributed by atoms with Gasteiger partial charge in [-0.1, -0.05) is 11.6 Å². The zero-order chi connectivity index (χ0) is 24.9. The molecule has 1 saturated heterocycles. The van der Waals surface area contributed by atoms with E-state index in [0.717, 1.165) is 23.0 Å². The van der Waals surface area contributed by atoms with Crippen LogP contribution in [0.2, 0.25) is 5.02 Å². The van der Waals surface area contributed by atoms with Gasteiger partial charge in [0.25, 0.3) is 5.91 Å². The second-order valence-corrected chi connectivity index (χ2v) is 9.42. The molecular weight excluding hydrogens is 480 g/mol. The Morgan fingerprint density at radius 1 is 1.31 bits per heavy atom. The first-order chi connectivity index (χ1) is 16.8. The van der Waals surface area contributed by atoms with Crippen molar-refractivity contribution < 1.29 is 23.4 Å². The molecule has 1 N–H and O–H groups in total. The van der Waals surface area contributed by atoms with E-state index in [0.29, 0.717) is 35.9 Å². The molecule has 35 heavy (non-hydrogen) atoms. The SMILES string of the molecule is Cc1nc2c3c(nn2c(C)c1Cl)CN(C(=O)c1ccc(F)cc1O[C@H]1CCN(CCO)C[C@@H]1F)C3. The Bertz CT molecular complexity index is 1300. The molecule has 0 saturated carbocycles. The minimum Gasteiger partial charge on any atom is -0.486 e. The highest BCUT2D eigenvalue weighted by Gasteiger charge is 2.34. The highest BCUT2D eigenvalue weighted by Crippen LogP contribution is 2.32. The maximum Gasteiger partial charge on any atom is 0.258 e. The third-order valence-corrected chi connectivity index (χ3v) is 7.22. The molecule has 11 heteroatoms. The summed E-state index contributed by atoms with van der Waals surface area (Å²) in [6.07, 6.45) is -1.77. The van der Waals surface area contributed by atoms with Crippen molar-refractivity contribution in [1.29, 1.82) is 0 Å². The average Bonchev–Trinajstić information content (AvgIpc) is 3.38. The minimum atomic E-state index is -1.32. The number of aromatic nitrogens is 3. The van der Waals surface area contributed by atoms with Gasteiger partial charge in [-0.15, -0.1) is 0 Å². The van der Waals surface area contributed by atoms with E-state index in [2.05, 4.69) is 10.1 Å². The van der Waals surface area contributed by atoms with Crippen LogP contribution in [0, 0.1) is 19.7 Å². The minimum absolute atomic E-state index is 0.0219. The normalized spacial score (nSPS) is 20.5. The Morgan fingerprint density at radius 2 is 2.11 bits per heavy atom. The van der Waals surface area contributed by atoms with Crippen molar-refractivity contribution in [3.05, 3.63) is 57.2 Å². The highest BCUT2D eigenvalue weighted by atomic mass is 35.5. The molecule has 5 rings (SSSR count). The summed E-state index contributed by atoms with van der Waals surface area (Å²) < 4.78 is 36.4. The number of hydrogen-bond acceptors (Lipinski definition) is 6. The number of alkyl halides is 1. The second kappa shape index (κ2) is 9.33. The Kier molecular flexibility index (Phi) is 6.37. The van der Waals surface area contributed by atoms with Crippen molar-refractivity contribution in [2.75, 3.05) is 26.2 Å². The van der Waals surface area contributed by atoms with Gasteiger partial charge in [-0.3, -0.25) is 9.69 Å². The lowest BCUT2D eigenvalue weighted by Gasteiger charge is -2.34. The van der Waals surface area contributed by atoms with E-state index in [1.54, 1.807) is 9.42 Å². The van der Waals surface area contributed by atoms with Gasteiger partial charge in [0.2, 0.25) is 0 Å². The van der Waals surface area contributed by atoms with E-state index in [4.69, 9.17) is 21.4 Å². The number of aliphatic hydroxyl groups excluding tert-OH is 1. The summed E-state index contributed by atoms with van der Waals surface area (Å²) in [5.74, 6) is -0.903. The molecule has 1 amide bonds. The zero-order valence-electron chi connectivity index (χ0n) is 19.5. The molecular formula is C24H26ClF2N5O3. The fourth-order valence-corrected chi connectivity index (χ4v) is 4.91. The van der Waals surface area contributed by atoms with Crippen LogP contribution >= 0.6 is 11.6 Å². The zero-order valence-corrected chi connectivity index (χ0v) is 20.2. The van der Waals surface area contributed by atoms with E-state index in [1.807, 2.05) is 18.7 Å². The molecule has 1 aromatic carbocycles. The fraction of sp³-hybridized carbons (Fsp3) is 0.458. The number of benzene rings is 1. The summed E-state index contributed by atoms with van der Waals surface area (Å²) in [4.78, 5) is 21.4. The number of aliphatic hydroxyl groups is 1. The van der Waals surface area contributed by atoms with Crippen LogP contribution in [-0.2, 0) is 13.1 Å². The van der Waals surface area contributed by atoms with Crippen LogP contribution in [0.1, 0.15) is 39.4 Å². The maximum atomic E-state index is 14.8. The number of carbonyl (C=O) groups excluding carboxylic acids is 1. The molecule has 0 bridgehead atoms. The van der Waals surface area contributed by atoms with Crippen LogP contribution in [0.25, 0.3) is 5.65 Å². The molecule has 0 aliphatic carbocycles. The monoisotopic (exact) mass is 505 g/mol. The topological polar surface area (TPSA) is 83.2 Å². The number of rotatable bonds is 5. The number of aryl methyl sites for hydroxylation is 2. The van der Waals surface area contributed by atoms with Crippen molar-refractivity contribution in [3.8, 4) is 5.75 Å². The van der Waals surface area contributed by atoms with E-state index in [1.165, 1.54) is 12.1 Å². The van der Waals surface area contributed by atoms with Gasteiger partial charge in [-0.25, -0.2) is 18.3 Å². The first-order valence-corrected chi connectivity index (χ1v) is 11.9. The predicted octanol–water partition coefficient (Wildman–Crippen LogP) is 3.08. The predicted molar refractivity (Wildman–Crippen MR) is 125 cm³/mol. The Morgan fingerprint density at radius 3 is 2.86 bits per heavy atom. The molecule has 0 spiro atoms. The third-order valence-electron chi connectivity index (χ3n) is 6.68. The van der Waals surface area contributed by atoms with Gasteiger partial charge in [0, 0.05) is 31.3 Å². The summed E-state index contributed by atoms with van der Waals surface area (Å²) in [5, 5.41) is 14.2. The molecule has 1 fully saturated rings. The largest absolute Gasteiger partial charge is 0.486 e. The van der Waals surface area contributed by atoms with Crippen LogP contribution in [-0.4, -0.2) is 73.9 Å². The molecule has 3 aromatic rings. The van der Waals surface area contributed by atoms with Gasteiger partial charge in [-0.05, 0) is 32.4 Å². The number of fused-ring (bicyclic) bond motifs is 3. The number of likely N-dealkylation sites (tertiary alicyclic amines) is 1. The average molecular weight is 506 g/mol. The van der Waals surface area contributed by atoms with Crippen molar-refractivity contribution in [2.24, 2.45) is 0 Å². The standard InChI is InChI=1S/C24H26ClF2N5O3/c1-13-22(25)14(2)32-23(28-13)17-10-31(12-19(17)29-32)24(34)16-4-3-15(26)9-21(16)35-20-5-6-30(7-8-33)11-18(20)27/h3-4,9,18,20,33H,5-8,10-12H2,1-2H3/t18-,20-/m0/s1. The third kappa shape index (κ3) is 4.34. The number of amides is 1. The summed E-state index contributed by atoms with van der Waals surface area (Å²) >= 11 is 6.31. The molecule has 4 heterocycles. The van der Waals surface area contributed by atoms with Gasteiger partial charge in [-0.2, -0.15) is 5.10 Å². The Labute approximate surface area is 206 Å². The summed E-state index contributed by atoms with van der Waals surface area (Å²) in [6.45, 7) is 5.22. The van der Waals surface area contributed by atoms with Gasteiger partial charge >= 0.3 is 0 Å². The van der Waals surface area contributed by atoms with Crippen molar-refractivity contribution in [1.82, 2.24) is 24.4 Å². The van der Waals surface area contributed by atoms with Crippen LogP contribution in [0.5, 0.6) is 5.75 Å². The number of piperidine rings is 1. The smallest absolute Gasteiger partial charge is 0.258 e. The van der Waals surface area contributed by atoms with Crippen LogP contribution in [0.15, 0.2) is 18.2 Å². The van der Waals surface area contributed by atoms with Gasteiger partial charge in [0.15, 0.2) is 5.65 Å². The summed E-state index contributed by atoms with van der Waals surface area (Å²) in [5.41, 5.74) is 3.85.